The van der Waals surface area contributed by atoms with E-state index in [2.05, 4.69) is 27.9 Å². The van der Waals surface area contributed by atoms with E-state index in [4.69, 9.17) is 4.74 Å². The van der Waals surface area contributed by atoms with E-state index in [9.17, 15) is 9.59 Å². The maximum Gasteiger partial charge on any atom is 0.354 e. The minimum Gasteiger partial charge on any atom is -0.464 e. The summed E-state index contributed by atoms with van der Waals surface area (Å²) in [5.74, 6) is -0.944. The molecule has 0 fully saturated rings. The van der Waals surface area contributed by atoms with E-state index >= 15 is 0 Å². The van der Waals surface area contributed by atoms with Crippen molar-refractivity contribution in [2.45, 2.75) is 0 Å². The number of benzene rings is 2. The van der Waals surface area contributed by atoms with E-state index < -0.39 is 5.97 Å². The number of carbonyl (C=O) groups excluding carboxylic acids is 2. The molecule has 0 aliphatic heterocycles. The van der Waals surface area contributed by atoms with Gasteiger partial charge in [0.15, 0.2) is 0 Å². The normalized spacial score (nSPS) is 10.9. The molecule has 0 saturated carbocycles. The van der Waals surface area contributed by atoms with Gasteiger partial charge in [-0.3, -0.25) is 4.79 Å². The highest BCUT2D eigenvalue weighted by Gasteiger charge is 2.16. The highest BCUT2D eigenvalue weighted by atomic mass is 127. The first-order valence-electron chi connectivity index (χ1n) is 6.52. The fourth-order valence-electron chi connectivity index (χ4n) is 1.81. The van der Waals surface area contributed by atoms with Crippen molar-refractivity contribution in [2.75, 3.05) is 7.11 Å². The summed E-state index contributed by atoms with van der Waals surface area (Å²) in [6, 6.07) is 16.4. The number of ether oxygens (including phenoxy) is 1. The number of carbonyl (C=O) groups is 2. The number of amides is 1. The minimum atomic E-state index is -0.594. The van der Waals surface area contributed by atoms with Gasteiger partial charge >= 0.3 is 5.97 Å². The Bertz CT molecular complexity index is 711. The van der Waals surface area contributed by atoms with Crippen LogP contribution in [0.2, 0.25) is 0 Å². The maximum atomic E-state index is 12.3. The molecule has 1 N–H and O–H groups in total. The molecule has 22 heavy (non-hydrogen) atoms. The number of nitrogens with one attached hydrogen (secondary N) is 1. The maximum absolute atomic E-state index is 12.3. The van der Waals surface area contributed by atoms with Crippen LogP contribution in [0, 0.1) is 3.57 Å². The van der Waals surface area contributed by atoms with Crippen molar-refractivity contribution in [1.29, 1.82) is 0 Å². The highest BCUT2D eigenvalue weighted by Crippen LogP contribution is 2.13. The van der Waals surface area contributed by atoms with Crippen LogP contribution in [0.1, 0.15) is 15.9 Å². The van der Waals surface area contributed by atoms with Crippen molar-refractivity contribution in [1.82, 2.24) is 5.32 Å². The van der Waals surface area contributed by atoms with Crippen LogP contribution in [0.4, 0.5) is 0 Å². The molecule has 2 aromatic carbocycles. The third-order valence-corrected chi connectivity index (χ3v) is 3.82. The molecule has 5 heteroatoms. The second kappa shape index (κ2) is 7.74. The quantitative estimate of drug-likeness (QED) is 0.481. The number of hydrogen-bond acceptors (Lipinski definition) is 3. The van der Waals surface area contributed by atoms with Crippen LogP contribution in [-0.2, 0) is 9.53 Å². The Labute approximate surface area is 142 Å². The van der Waals surface area contributed by atoms with E-state index in [0.29, 0.717) is 5.56 Å². The van der Waals surface area contributed by atoms with Crippen molar-refractivity contribution in [3.05, 3.63) is 75.0 Å². The molecule has 4 nitrogen and oxygen atoms in total. The van der Waals surface area contributed by atoms with E-state index in [0.717, 1.165) is 9.13 Å². The van der Waals surface area contributed by atoms with Crippen molar-refractivity contribution in [2.24, 2.45) is 0 Å². The third-order valence-electron chi connectivity index (χ3n) is 2.88. The third kappa shape index (κ3) is 4.17. The highest BCUT2D eigenvalue weighted by molar-refractivity contribution is 14.1. The molecular formula is C17H14INO3. The predicted molar refractivity (Wildman–Crippen MR) is 93.1 cm³/mol. The van der Waals surface area contributed by atoms with Crippen molar-refractivity contribution < 1.29 is 14.3 Å². The molecule has 112 valence electrons. The van der Waals surface area contributed by atoms with E-state index in [1.807, 2.05) is 42.5 Å². The average molecular weight is 407 g/mol. The molecule has 0 aliphatic rings. The second-order valence-corrected chi connectivity index (χ2v) is 5.56. The van der Waals surface area contributed by atoms with Crippen molar-refractivity contribution in [3.63, 3.8) is 0 Å². The Morgan fingerprint density at radius 2 is 1.68 bits per heavy atom. The summed E-state index contributed by atoms with van der Waals surface area (Å²) >= 11 is 2.08. The number of esters is 1. The summed E-state index contributed by atoms with van der Waals surface area (Å²) in [4.78, 5) is 24.2. The van der Waals surface area contributed by atoms with Gasteiger partial charge in [0.25, 0.3) is 5.91 Å². The van der Waals surface area contributed by atoms with Gasteiger partial charge in [0.2, 0.25) is 0 Å². The van der Waals surface area contributed by atoms with Gasteiger partial charge in [-0.15, -0.1) is 0 Å². The lowest BCUT2D eigenvalue weighted by atomic mass is 10.1. The van der Waals surface area contributed by atoms with Gasteiger partial charge in [0, 0.05) is 3.57 Å². The van der Waals surface area contributed by atoms with Crippen LogP contribution in [0.15, 0.2) is 60.3 Å². The van der Waals surface area contributed by atoms with Gasteiger partial charge in [-0.05, 0) is 46.4 Å². The molecular weight excluding hydrogens is 393 g/mol. The van der Waals surface area contributed by atoms with E-state index in [-0.39, 0.29) is 11.6 Å². The Kier molecular flexibility index (Phi) is 5.71. The molecule has 0 unspecified atom stereocenters. The zero-order chi connectivity index (χ0) is 15.9. The van der Waals surface area contributed by atoms with Gasteiger partial charge in [0.05, 0.1) is 12.7 Å². The van der Waals surface area contributed by atoms with Crippen molar-refractivity contribution in [3.8, 4) is 0 Å². The zero-order valence-electron chi connectivity index (χ0n) is 11.9. The topological polar surface area (TPSA) is 55.4 Å². The molecule has 0 aromatic heterocycles. The largest absolute Gasteiger partial charge is 0.464 e. The van der Waals surface area contributed by atoms with E-state index in [1.54, 1.807) is 18.2 Å². The monoisotopic (exact) mass is 407 g/mol. The SMILES string of the molecule is COC(=O)/C(=C/c1ccccc1)NC(=O)c1ccccc1I. The average Bonchev–Trinajstić information content (AvgIpc) is 2.54. The van der Waals surface area contributed by atoms with Crippen LogP contribution in [-0.4, -0.2) is 19.0 Å². The molecule has 2 rings (SSSR count). The first-order valence-corrected chi connectivity index (χ1v) is 7.60. The molecule has 0 atom stereocenters. The lowest BCUT2D eigenvalue weighted by molar-refractivity contribution is -0.136. The van der Waals surface area contributed by atoms with Crippen LogP contribution < -0.4 is 5.32 Å². The fourth-order valence-corrected chi connectivity index (χ4v) is 2.44. The van der Waals surface area contributed by atoms with Gasteiger partial charge in [0.1, 0.15) is 5.70 Å². The molecule has 0 heterocycles. The van der Waals surface area contributed by atoms with Crippen LogP contribution >= 0.6 is 22.6 Å². The number of methoxy groups -OCH3 is 1. The number of halogens is 1. The standard InChI is InChI=1S/C17H14INO3/c1-22-17(21)15(11-12-7-3-2-4-8-12)19-16(20)13-9-5-6-10-14(13)18/h2-11H,1H3,(H,19,20)/b15-11-. The first kappa shape index (κ1) is 16.2. The summed E-state index contributed by atoms with van der Waals surface area (Å²) in [6.07, 6.45) is 1.58. The summed E-state index contributed by atoms with van der Waals surface area (Å²) in [6.45, 7) is 0. The first-order chi connectivity index (χ1) is 10.6. The minimum absolute atomic E-state index is 0.0957. The van der Waals surface area contributed by atoms with Gasteiger partial charge < -0.3 is 10.1 Å². The Hall–Kier alpha value is -2.15. The van der Waals surface area contributed by atoms with Crippen molar-refractivity contribution >= 4 is 40.5 Å². The number of hydrogen-bond donors (Lipinski definition) is 1. The summed E-state index contributed by atoms with van der Waals surface area (Å²) in [7, 11) is 1.28. The molecule has 0 bridgehead atoms. The van der Waals surface area contributed by atoms with Gasteiger partial charge in [-0.25, -0.2) is 4.79 Å². The molecule has 1 amide bonds. The van der Waals surface area contributed by atoms with Crippen LogP contribution in [0.25, 0.3) is 6.08 Å². The molecule has 0 aliphatic carbocycles. The molecule has 0 saturated heterocycles. The van der Waals surface area contributed by atoms with Crippen LogP contribution in [0.3, 0.4) is 0 Å². The zero-order valence-corrected chi connectivity index (χ0v) is 14.0. The lowest BCUT2D eigenvalue weighted by Gasteiger charge is -2.09. The Morgan fingerprint density at radius 3 is 2.32 bits per heavy atom. The predicted octanol–water partition coefficient (Wildman–Crippen LogP) is 3.24. The second-order valence-electron chi connectivity index (χ2n) is 4.39. The Balaban J connectivity index is 2.28. The van der Waals surface area contributed by atoms with Crippen LogP contribution in [0.5, 0.6) is 0 Å². The Morgan fingerprint density at radius 1 is 1.05 bits per heavy atom. The smallest absolute Gasteiger partial charge is 0.354 e. The summed E-state index contributed by atoms with van der Waals surface area (Å²) < 4.78 is 5.53. The number of rotatable bonds is 4. The van der Waals surface area contributed by atoms with Gasteiger partial charge in [-0.2, -0.15) is 0 Å². The molecule has 0 radical (unpaired) electrons. The van der Waals surface area contributed by atoms with Gasteiger partial charge in [-0.1, -0.05) is 42.5 Å². The fraction of sp³-hybridized carbons (Fsp3) is 0.0588. The molecule has 0 spiro atoms. The van der Waals surface area contributed by atoms with E-state index in [1.165, 1.54) is 7.11 Å². The summed E-state index contributed by atoms with van der Waals surface area (Å²) in [5.41, 5.74) is 1.40. The molecule has 2 aromatic rings. The lowest BCUT2D eigenvalue weighted by Crippen LogP contribution is -2.28. The summed E-state index contributed by atoms with van der Waals surface area (Å²) in [5, 5.41) is 2.62.